The molecule has 0 N–H and O–H groups in total. The Balaban J connectivity index is 1.45. The van der Waals surface area contributed by atoms with Crippen LogP contribution in [0.15, 0.2) is 92.9 Å². The zero-order valence-electron chi connectivity index (χ0n) is 23.6. The SMILES string of the molecule is COC(=O)C1=C(C)N(C2CCCCC2)C(=O)/C1=C/c1ccc(CN(Cc2ccc(Cl)cc2)S(=O)(=O)c2ccccc2)o1. The number of hydrogen-bond acceptors (Lipinski definition) is 6. The van der Waals surface area contributed by atoms with Crippen LogP contribution in [-0.4, -0.2) is 42.7 Å². The molecule has 0 saturated heterocycles. The maximum Gasteiger partial charge on any atom is 0.340 e. The molecule has 0 unspecified atom stereocenters. The van der Waals surface area contributed by atoms with Gasteiger partial charge in [0.05, 0.1) is 29.7 Å². The highest BCUT2D eigenvalue weighted by atomic mass is 35.5. The van der Waals surface area contributed by atoms with Gasteiger partial charge in [0, 0.05) is 23.3 Å². The lowest BCUT2D eigenvalue weighted by Crippen LogP contribution is -2.37. The first-order valence-corrected chi connectivity index (χ1v) is 15.7. The lowest BCUT2D eigenvalue weighted by Gasteiger charge is -2.32. The van der Waals surface area contributed by atoms with Crippen molar-refractivity contribution in [2.75, 3.05) is 7.11 Å². The van der Waals surface area contributed by atoms with Crippen LogP contribution in [0.2, 0.25) is 5.02 Å². The number of allylic oxidation sites excluding steroid dienone is 1. The summed E-state index contributed by atoms with van der Waals surface area (Å²) >= 11 is 6.04. The minimum atomic E-state index is -3.88. The van der Waals surface area contributed by atoms with Gasteiger partial charge in [-0.15, -0.1) is 0 Å². The second kappa shape index (κ2) is 12.7. The minimum absolute atomic E-state index is 0.0357. The average Bonchev–Trinajstić information content (AvgIpc) is 3.54. The van der Waals surface area contributed by atoms with Crippen molar-refractivity contribution in [3.8, 4) is 0 Å². The summed E-state index contributed by atoms with van der Waals surface area (Å²) in [4.78, 5) is 28.3. The number of esters is 1. The second-order valence-corrected chi connectivity index (χ2v) is 12.9. The first-order chi connectivity index (χ1) is 20.2. The molecular weight excluding hydrogens is 576 g/mol. The normalized spacial score (nSPS) is 17.5. The quantitative estimate of drug-likeness (QED) is 0.208. The summed E-state index contributed by atoms with van der Waals surface area (Å²) < 4.78 is 39.7. The van der Waals surface area contributed by atoms with Gasteiger partial charge in [-0.2, -0.15) is 4.31 Å². The van der Waals surface area contributed by atoms with Gasteiger partial charge in [-0.05, 0) is 67.8 Å². The minimum Gasteiger partial charge on any atom is -0.465 e. The zero-order valence-corrected chi connectivity index (χ0v) is 25.2. The fourth-order valence-corrected chi connectivity index (χ4v) is 7.15. The number of benzene rings is 2. The van der Waals surface area contributed by atoms with Crippen LogP contribution in [0.3, 0.4) is 0 Å². The number of amides is 1. The van der Waals surface area contributed by atoms with Gasteiger partial charge < -0.3 is 14.1 Å². The number of nitrogens with zero attached hydrogens (tertiary/aromatic N) is 2. The molecule has 1 saturated carbocycles. The number of carbonyl (C=O) groups excluding carboxylic acids is 2. The fourth-order valence-electron chi connectivity index (χ4n) is 5.61. The standard InChI is InChI=1S/C32H33ClN2O6S/c1-22-30(32(37)40-2)29(31(36)35(22)25-9-5-3-6-10-25)19-26-17-18-27(41-26)21-34(20-23-13-15-24(33)16-14-23)42(38,39)28-11-7-4-8-12-28/h4,7-8,11-19,25H,3,5-6,9-10,20-21H2,1-2H3/b29-19+. The van der Waals surface area contributed by atoms with Crippen LogP contribution in [0, 0.1) is 0 Å². The van der Waals surface area contributed by atoms with E-state index >= 15 is 0 Å². The van der Waals surface area contributed by atoms with Crippen molar-refractivity contribution in [2.24, 2.45) is 0 Å². The average molecular weight is 609 g/mol. The molecule has 1 amide bonds. The fraction of sp³-hybridized carbons (Fsp3) is 0.312. The van der Waals surface area contributed by atoms with E-state index in [0.717, 1.165) is 37.7 Å². The smallest absolute Gasteiger partial charge is 0.340 e. The Morgan fingerprint density at radius 3 is 2.38 bits per heavy atom. The third-order valence-electron chi connectivity index (χ3n) is 7.73. The Hall–Kier alpha value is -3.66. The zero-order chi connectivity index (χ0) is 29.9. The third-order valence-corrected chi connectivity index (χ3v) is 9.78. The maximum atomic E-state index is 13.6. The van der Waals surface area contributed by atoms with Crippen molar-refractivity contribution in [1.29, 1.82) is 0 Å². The summed E-state index contributed by atoms with van der Waals surface area (Å²) in [6.07, 6.45) is 6.52. The highest BCUT2D eigenvalue weighted by molar-refractivity contribution is 7.89. The number of hydrogen-bond donors (Lipinski definition) is 0. The van der Waals surface area contributed by atoms with E-state index in [1.807, 2.05) is 0 Å². The molecule has 1 aliphatic carbocycles. The third kappa shape index (κ3) is 6.23. The number of sulfonamides is 1. The molecule has 10 heteroatoms. The molecule has 8 nitrogen and oxygen atoms in total. The summed E-state index contributed by atoms with van der Waals surface area (Å²) in [5.41, 5.74) is 1.78. The van der Waals surface area contributed by atoms with Gasteiger partial charge in [0.25, 0.3) is 5.91 Å². The summed E-state index contributed by atoms with van der Waals surface area (Å²) in [5.74, 6) is -0.129. The molecule has 2 aromatic carbocycles. The van der Waals surface area contributed by atoms with Crippen LogP contribution in [-0.2, 0) is 37.4 Å². The molecule has 1 aromatic heterocycles. The highest BCUT2D eigenvalue weighted by Crippen LogP contribution is 2.37. The monoisotopic (exact) mass is 608 g/mol. The van der Waals surface area contributed by atoms with Crippen LogP contribution in [0.4, 0.5) is 0 Å². The van der Waals surface area contributed by atoms with E-state index in [1.165, 1.54) is 11.4 Å². The number of carbonyl (C=O) groups is 2. The van der Waals surface area contributed by atoms with E-state index < -0.39 is 16.0 Å². The van der Waals surface area contributed by atoms with Crippen LogP contribution in [0.1, 0.15) is 56.1 Å². The van der Waals surface area contributed by atoms with E-state index in [9.17, 15) is 18.0 Å². The predicted molar refractivity (Wildman–Crippen MR) is 159 cm³/mol. The van der Waals surface area contributed by atoms with Gasteiger partial charge in [-0.1, -0.05) is 61.2 Å². The number of halogens is 1. The van der Waals surface area contributed by atoms with E-state index in [4.69, 9.17) is 20.8 Å². The van der Waals surface area contributed by atoms with Crippen molar-refractivity contribution in [1.82, 2.24) is 9.21 Å². The molecule has 0 spiro atoms. The van der Waals surface area contributed by atoms with Gasteiger partial charge in [0.1, 0.15) is 11.5 Å². The number of furan rings is 1. The lowest BCUT2D eigenvalue weighted by molar-refractivity contribution is -0.136. The van der Waals surface area contributed by atoms with Crippen molar-refractivity contribution >= 4 is 39.6 Å². The van der Waals surface area contributed by atoms with Crippen molar-refractivity contribution < 1.29 is 27.2 Å². The Kier molecular flexibility index (Phi) is 9.01. The molecule has 5 rings (SSSR count). The summed E-state index contributed by atoms with van der Waals surface area (Å²) in [7, 11) is -2.59. The highest BCUT2D eigenvalue weighted by Gasteiger charge is 2.40. The van der Waals surface area contributed by atoms with Gasteiger partial charge in [0.2, 0.25) is 10.0 Å². The van der Waals surface area contributed by atoms with E-state index in [1.54, 1.807) is 84.6 Å². The lowest BCUT2D eigenvalue weighted by atomic mass is 9.94. The molecule has 0 bridgehead atoms. The van der Waals surface area contributed by atoms with Gasteiger partial charge in [0.15, 0.2) is 0 Å². The topological polar surface area (TPSA) is 97.1 Å². The van der Waals surface area contributed by atoms with Gasteiger partial charge in [-0.25, -0.2) is 13.2 Å². The van der Waals surface area contributed by atoms with Crippen molar-refractivity contribution in [2.45, 2.75) is 63.1 Å². The van der Waals surface area contributed by atoms with Crippen molar-refractivity contribution in [3.63, 3.8) is 0 Å². The summed E-state index contributed by atoms with van der Waals surface area (Å²) in [6, 6.07) is 18.6. The number of rotatable bonds is 9. The Morgan fingerprint density at radius 2 is 1.71 bits per heavy atom. The van der Waals surface area contributed by atoms with Crippen LogP contribution >= 0.6 is 11.6 Å². The van der Waals surface area contributed by atoms with Crippen LogP contribution in [0.25, 0.3) is 6.08 Å². The molecule has 2 heterocycles. The Bertz CT molecular complexity index is 1620. The predicted octanol–water partition coefficient (Wildman–Crippen LogP) is 6.33. The maximum absolute atomic E-state index is 13.6. The summed E-state index contributed by atoms with van der Waals surface area (Å²) in [6.45, 7) is 1.81. The molecule has 220 valence electrons. The molecule has 0 atom stereocenters. The molecule has 1 fully saturated rings. The first kappa shape index (κ1) is 29.8. The van der Waals surface area contributed by atoms with E-state index in [0.29, 0.717) is 22.2 Å². The molecule has 1 aliphatic heterocycles. The molecular formula is C32H33ClN2O6S. The van der Waals surface area contributed by atoms with Crippen molar-refractivity contribution in [3.05, 3.63) is 106 Å². The first-order valence-electron chi connectivity index (χ1n) is 13.9. The number of ether oxygens (including phenoxy) is 1. The molecule has 42 heavy (non-hydrogen) atoms. The van der Waals surface area contributed by atoms with E-state index in [2.05, 4.69) is 0 Å². The largest absolute Gasteiger partial charge is 0.465 e. The van der Waals surface area contributed by atoms with Crippen LogP contribution in [0.5, 0.6) is 0 Å². The molecule has 2 aliphatic rings. The Morgan fingerprint density at radius 1 is 1.02 bits per heavy atom. The van der Waals surface area contributed by atoms with Crippen LogP contribution < -0.4 is 0 Å². The molecule has 3 aromatic rings. The van der Waals surface area contributed by atoms with E-state index in [-0.39, 0.29) is 41.1 Å². The second-order valence-electron chi connectivity index (χ2n) is 10.5. The summed E-state index contributed by atoms with van der Waals surface area (Å²) in [5, 5.41) is 0.555. The van der Waals surface area contributed by atoms with Gasteiger partial charge >= 0.3 is 5.97 Å². The van der Waals surface area contributed by atoms with Gasteiger partial charge in [-0.3, -0.25) is 4.79 Å². The molecule has 0 radical (unpaired) electrons. The Labute approximate surface area is 251 Å². The number of methoxy groups -OCH3 is 1.